The Kier molecular flexibility index (Phi) is 5.89. The molecule has 0 spiro atoms. The lowest BCUT2D eigenvalue weighted by molar-refractivity contribution is -0.0477. The summed E-state index contributed by atoms with van der Waals surface area (Å²) in [5, 5.41) is 23.3. The van der Waals surface area contributed by atoms with Gasteiger partial charge in [0.2, 0.25) is 0 Å². The minimum atomic E-state index is -0.331. The maximum Gasteiger partial charge on any atom is 0.111 e. The maximum absolute atomic E-state index is 10.6. The van der Waals surface area contributed by atoms with Crippen molar-refractivity contribution in [2.45, 2.75) is 44.8 Å². The quantitative estimate of drug-likeness (QED) is 0.699. The minimum absolute atomic E-state index is 0.256. The molecule has 2 aliphatic rings. The van der Waals surface area contributed by atoms with E-state index >= 15 is 0 Å². The van der Waals surface area contributed by atoms with Crippen molar-refractivity contribution < 1.29 is 10.2 Å². The van der Waals surface area contributed by atoms with Gasteiger partial charge in [-0.25, -0.2) is 0 Å². The molecule has 2 saturated heterocycles. The molecule has 2 aliphatic heterocycles. The lowest BCUT2D eigenvalue weighted by Gasteiger charge is -2.33. The molecule has 3 unspecified atom stereocenters. The molecule has 0 radical (unpaired) electrons. The predicted molar refractivity (Wildman–Crippen MR) is 72.2 cm³/mol. The number of aliphatic hydroxyl groups is 2. The first-order valence-electron chi connectivity index (χ1n) is 7.55. The molecule has 0 bridgehead atoms. The van der Waals surface area contributed by atoms with Crippen LogP contribution in [0.4, 0.5) is 0 Å². The smallest absolute Gasteiger partial charge is 0.111 e. The first-order valence-corrected chi connectivity index (χ1v) is 7.55. The maximum atomic E-state index is 10.6. The van der Waals surface area contributed by atoms with Crippen molar-refractivity contribution in [1.29, 1.82) is 0 Å². The molecule has 3 N–H and O–H groups in total. The van der Waals surface area contributed by atoms with Crippen molar-refractivity contribution in [3.8, 4) is 0 Å². The van der Waals surface area contributed by atoms with Crippen LogP contribution >= 0.6 is 0 Å². The van der Waals surface area contributed by atoms with Crippen molar-refractivity contribution in [2.75, 3.05) is 32.8 Å². The van der Waals surface area contributed by atoms with E-state index < -0.39 is 0 Å². The van der Waals surface area contributed by atoms with E-state index in [4.69, 9.17) is 0 Å². The number of hydrogen-bond donors (Lipinski definition) is 3. The van der Waals surface area contributed by atoms with E-state index in [1.165, 1.54) is 19.3 Å². The fraction of sp³-hybridized carbons (Fsp3) is 1.00. The Morgan fingerprint density at radius 2 is 2.00 bits per heavy atom. The average Bonchev–Trinajstić information content (AvgIpc) is 2.80. The Labute approximate surface area is 110 Å². The third-order valence-electron chi connectivity index (χ3n) is 4.44. The number of nitrogens with one attached hydrogen (secondary N) is 1. The highest BCUT2D eigenvalue weighted by Crippen LogP contribution is 2.23. The number of nitrogens with zero attached hydrogens (tertiary/aromatic N) is 1. The van der Waals surface area contributed by atoms with Crippen LogP contribution in [0.3, 0.4) is 0 Å². The van der Waals surface area contributed by atoms with Gasteiger partial charge in [-0.2, -0.15) is 0 Å². The summed E-state index contributed by atoms with van der Waals surface area (Å²) in [5.41, 5.74) is 0. The molecule has 3 atom stereocenters. The fourth-order valence-corrected chi connectivity index (χ4v) is 3.25. The van der Waals surface area contributed by atoms with Gasteiger partial charge in [-0.3, -0.25) is 4.90 Å². The highest BCUT2D eigenvalue weighted by molar-refractivity contribution is 4.79. The third kappa shape index (κ3) is 3.92. The average molecular weight is 256 g/mol. The van der Waals surface area contributed by atoms with Gasteiger partial charge in [-0.15, -0.1) is 0 Å². The van der Waals surface area contributed by atoms with Crippen LogP contribution in [0.5, 0.6) is 0 Å². The van der Waals surface area contributed by atoms with Gasteiger partial charge in [-0.1, -0.05) is 12.8 Å². The first-order chi connectivity index (χ1) is 8.81. The van der Waals surface area contributed by atoms with E-state index in [0.717, 1.165) is 45.4 Å². The molecule has 4 nitrogen and oxygen atoms in total. The van der Waals surface area contributed by atoms with Crippen LogP contribution in [-0.2, 0) is 0 Å². The van der Waals surface area contributed by atoms with E-state index in [2.05, 4.69) is 10.2 Å². The van der Waals surface area contributed by atoms with Crippen LogP contribution in [0.15, 0.2) is 0 Å². The Morgan fingerprint density at radius 3 is 2.83 bits per heavy atom. The zero-order valence-electron chi connectivity index (χ0n) is 11.4. The summed E-state index contributed by atoms with van der Waals surface area (Å²) < 4.78 is 0. The predicted octanol–water partition coefficient (Wildman–Crippen LogP) is 0.789. The topological polar surface area (TPSA) is 55.7 Å². The molecule has 0 aromatic heterocycles. The highest BCUT2D eigenvalue weighted by Gasteiger charge is 2.28. The van der Waals surface area contributed by atoms with Gasteiger partial charge < -0.3 is 15.5 Å². The molecule has 4 heteroatoms. The van der Waals surface area contributed by atoms with Gasteiger partial charge in [0.05, 0.1) is 0 Å². The standard InChI is InChI=1S/C14H28N2O2/c17-11-12-5-2-4-8-16(10-12)14(18)13-6-1-3-7-15-9-13/h12-15,17-18H,1-11H2. The zero-order valence-corrected chi connectivity index (χ0v) is 11.4. The van der Waals surface area contributed by atoms with Crippen molar-refractivity contribution >= 4 is 0 Å². The monoisotopic (exact) mass is 256 g/mol. The summed E-state index contributed by atoms with van der Waals surface area (Å²) in [7, 11) is 0. The molecule has 18 heavy (non-hydrogen) atoms. The van der Waals surface area contributed by atoms with Gasteiger partial charge in [0, 0.05) is 32.2 Å². The van der Waals surface area contributed by atoms with E-state index in [0.29, 0.717) is 11.8 Å². The van der Waals surface area contributed by atoms with E-state index in [-0.39, 0.29) is 12.8 Å². The summed E-state index contributed by atoms with van der Waals surface area (Å²) in [6.07, 6.45) is 6.65. The number of likely N-dealkylation sites (tertiary alicyclic amines) is 1. The SMILES string of the molecule is OCC1CCCCN(C(O)C2CCCCNC2)C1. The number of hydrogen-bond acceptors (Lipinski definition) is 4. The molecule has 106 valence electrons. The molecule has 2 rings (SSSR count). The molecule has 0 amide bonds. The Balaban J connectivity index is 1.90. The number of rotatable bonds is 3. The second-order valence-electron chi connectivity index (χ2n) is 5.91. The first kappa shape index (κ1) is 14.3. The molecule has 0 aromatic rings. The lowest BCUT2D eigenvalue weighted by atomic mass is 9.99. The summed E-state index contributed by atoms with van der Waals surface area (Å²) in [5.74, 6) is 0.700. The fourth-order valence-electron chi connectivity index (χ4n) is 3.25. The van der Waals surface area contributed by atoms with Gasteiger partial charge in [-0.05, 0) is 38.1 Å². The summed E-state index contributed by atoms with van der Waals surface area (Å²) in [6.45, 7) is 4.11. The van der Waals surface area contributed by atoms with Crippen molar-refractivity contribution in [2.24, 2.45) is 11.8 Å². The van der Waals surface area contributed by atoms with Gasteiger partial charge in [0.25, 0.3) is 0 Å². The summed E-state index contributed by atoms with van der Waals surface area (Å²) in [6, 6.07) is 0. The third-order valence-corrected chi connectivity index (χ3v) is 4.44. The normalized spacial score (nSPS) is 33.7. The van der Waals surface area contributed by atoms with Crippen molar-refractivity contribution in [1.82, 2.24) is 10.2 Å². The van der Waals surface area contributed by atoms with Crippen molar-refractivity contribution in [3.63, 3.8) is 0 Å². The van der Waals surface area contributed by atoms with E-state index in [1.54, 1.807) is 0 Å². The van der Waals surface area contributed by atoms with Crippen LogP contribution in [0.25, 0.3) is 0 Å². The highest BCUT2D eigenvalue weighted by atomic mass is 16.3. The van der Waals surface area contributed by atoms with Crippen LogP contribution in [0.2, 0.25) is 0 Å². The Bertz CT molecular complexity index is 230. The van der Waals surface area contributed by atoms with Gasteiger partial charge >= 0.3 is 0 Å². The molecule has 2 fully saturated rings. The Morgan fingerprint density at radius 1 is 1.17 bits per heavy atom. The van der Waals surface area contributed by atoms with Gasteiger partial charge in [0.1, 0.15) is 6.23 Å². The minimum Gasteiger partial charge on any atom is -0.396 e. The molecule has 0 aromatic carbocycles. The Hall–Kier alpha value is -0.160. The van der Waals surface area contributed by atoms with Crippen LogP contribution < -0.4 is 5.32 Å². The van der Waals surface area contributed by atoms with Gasteiger partial charge in [0.15, 0.2) is 0 Å². The van der Waals surface area contributed by atoms with Crippen LogP contribution in [0, 0.1) is 11.8 Å². The second kappa shape index (κ2) is 7.43. The molecular weight excluding hydrogens is 228 g/mol. The number of aliphatic hydroxyl groups excluding tert-OH is 2. The van der Waals surface area contributed by atoms with Crippen LogP contribution in [0.1, 0.15) is 38.5 Å². The van der Waals surface area contributed by atoms with Crippen molar-refractivity contribution in [3.05, 3.63) is 0 Å². The largest absolute Gasteiger partial charge is 0.396 e. The molecule has 0 aliphatic carbocycles. The van der Waals surface area contributed by atoms with E-state index in [1.807, 2.05) is 0 Å². The summed E-state index contributed by atoms with van der Waals surface area (Å²) in [4.78, 5) is 2.20. The lowest BCUT2D eigenvalue weighted by Crippen LogP contribution is -2.45. The molecular formula is C14H28N2O2. The zero-order chi connectivity index (χ0) is 12.8. The molecule has 0 saturated carbocycles. The summed E-state index contributed by atoms with van der Waals surface area (Å²) >= 11 is 0. The van der Waals surface area contributed by atoms with E-state index in [9.17, 15) is 10.2 Å². The van der Waals surface area contributed by atoms with Crippen LogP contribution in [-0.4, -0.2) is 54.1 Å². The second-order valence-corrected chi connectivity index (χ2v) is 5.91. The molecule has 2 heterocycles.